The van der Waals surface area contributed by atoms with Gasteiger partial charge in [0, 0.05) is 19.6 Å². The predicted molar refractivity (Wildman–Crippen MR) is 87.1 cm³/mol. The molecule has 0 amide bonds. The van der Waals surface area contributed by atoms with Gasteiger partial charge in [0.15, 0.2) is 0 Å². The third-order valence-corrected chi connectivity index (χ3v) is 5.00. The molecule has 2 aliphatic heterocycles. The number of hydrogen-bond donors (Lipinski definition) is 1. The van der Waals surface area contributed by atoms with E-state index in [0.29, 0.717) is 5.92 Å². The van der Waals surface area contributed by atoms with Gasteiger partial charge in [0.25, 0.3) is 0 Å². The van der Waals surface area contributed by atoms with Crippen molar-refractivity contribution in [3.05, 3.63) is 29.3 Å². The molecule has 21 heavy (non-hydrogen) atoms. The van der Waals surface area contributed by atoms with Crippen LogP contribution in [0.2, 0.25) is 0 Å². The summed E-state index contributed by atoms with van der Waals surface area (Å²) in [7, 11) is 0. The zero-order chi connectivity index (χ0) is 14.8. The van der Waals surface area contributed by atoms with Crippen LogP contribution < -0.4 is 10.1 Å². The maximum Gasteiger partial charge on any atom is 0.119 e. The fraction of sp³-hybridized carbons (Fsp3) is 0.667. The number of aryl methyl sites for hydroxylation is 1. The van der Waals surface area contributed by atoms with Crippen molar-refractivity contribution < 1.29 is 4.74 Å². The summed E-state index contributed by atoms with van der Waals surface area (Å²) in [5.74, 6) is 3.34. The minimum atomic E-state index is 0.580. The summed E-state index contributed by atoms with van der Waals surface area (Å²) in [5, 5.41) is 3.49. The smallest absolute Gasteiger partial charge is 0.119 e. The lowest BCUT2D eigenvalue weighted by atomic mass is 9.98. The average molecular weight is 288 g/mol. The van der Waals surface area contributed by atoms with E-state index in [2.05, 4.69) is 49.2 Å². The van der Waals surface area contributed by atoms with Crippen molar-refractivity contribution in [2.75, 3.05) is 39.3 Å². The molecule has 0 bridgehead atoms. The van der Waals surface area contributed by atoms with Crippen LogP contribution in [0.15, 0.2) is 18.2 Å². The van der Waals surface area contributed by atoms with Gasteiger partial charge in [-0.25, -0.2) is 0 Å². The summed E-state index contributed by atoms with van der Waals surface area (Å²) in [6.07, 6.45) is 0. The quantitative estimate of drug-likeness (QED) is 0.901. The molecule has 2 aliphatic rings. The Hall–Kier alpha value is -1.06. The number of ether oxygens (including phenoxy) is 1. The number of benzene rings is 1. The molecule has 3 rings (SSSR count). The molecule has 1 aromatic rings. The molecule has 3 heteroatoms. The van der Waals surface area contributed by atoms with E-state index in [9.17, 15) is 0 Å². The molecule has 0 saturated carbocycles. The van der Waals surface area contributed by atoms with E-state index in [1.165, 1.54) is 37.3 Å². The summed E-state index contributed by atoms with van der Waals surface area (Å²) in [6, 6.07) is 6.50. The maximum atomic E-state index is 5.95. The topological polar surface area (TPSA) is 24.5 Å². The van der Waals surface area contributed by atoms with Crippen LogP contribution in [0.4, 0.5) is 0 Å². The molecule has 2 fully saturated rings. The molecule has 0 unspecified atom stereocenters. The van der Waals surface area contributed by atoms with E-state index in [4.69, 9.17) is 4.74 Å². The van der Waals surface area contributed by atoms with Gasteiger partial charge in [-0.15, -0.1) is 0 Å². The fourth-order valence-electron chi connectivity index (χ4n) is 3.81. The molecule has 0 radical (unpaired) electrons. The number of likely N-dealkylation sites (tertiary alicyclic amines) is 1. The van der Waals surface area contributed by atoms with Gasteiger partial charge in [-0.05, 0) is 61.0 Å². The molecule has 0 spiro atoms. The van der Waals surface area contributed by atoms with E-state index < -0.39 is 0 Å². The second kappa shape index (κ2) is 6.37. The van der Waals surface area contributed by atoms with Crippen molar-refractivity contribution in [2.45, 2.75) is 26.7 Å². The van der Waals surface area contributed by atoms with Crippen molar-refractivity contribution in [2.24, 2.45) is 11.8 Å². The first-order chi connectivity index (χ1) is 10.1. The SMILES string of the molecule is Cc1cc(OCCN2C[C@H]3CNC[C@H]3C2)ccc1C(C)C. The molecule has 2 atom stereocenters. The molecule has 2 saturated heterocycles. The van der Waals surface area contributed by atoms with Gasteiger partial charge in [0.1, 0.15) is 12.4 Å². The highest BCUT2D eigenvalue weighted by Gasteiger charge is 2.35. The molecule has 2 heterocycles. The Kier molecular flexibility index (Phi) is 4.51. The van der Waals surface area contributed by atoms with Crippen molar-refractivity contribution >= 4 is 0 Å². The highest BCUT2D eigenvalue weighted by atomic mass is 16.5. The first kappa shape index (κ1) is 14.9. The molecule has 0 aromatic heterocycles. The standard InChI is InChI=1S/C18H28N2O/c1-13(2)18-5-4-17(8-14(18)3)21-7-6-20-11-15-9-19-10-16(15)12-20/h4-5,8,13,15-16,19H,6-7,9-12H2,1-3H3/t15-,16+. The summed E-state index contributed by atoms with van der Waals surface area (Å²) in [5.41, 5.74) is 2.76. The Morgan fingerprint density at radius 3 is 2.57 bits per heavy atom. The van der Waals surface area contributed by atoms with Crippen LogP contribution in [-0.2, 0) is 0 Å². The number of rotatable bonds is 5. The van der Waals surface area contributed by atoms with Crippen molar-refractivity contribution in [1.82, 2.24) is 10.2 Å². The van der Waals surface area contributed by atoms with Crippen LogP contribution in [0.1, 0.15) is 30.9 Å². The van der Waals surface area contributed by atoms with Gasteiger partial charge in [-0.3, -0.25) is 4.90 Å². The number of nitrogens with zero attached hydrogens (tertiary/aromatic N) is 1. The number of fused-ring (bicyclic) bond motifs is 1. The molecular weight excluding hydrogens is 260 g/mol. The Morgan fingerprint density at radius 2 is 1.95 bits per heavy atom. The summed E-state index contributed by atoms with van der Waals surface area (Å²) >= 11 is 0. The molecule has 3 nitrogen and oxygen atoms in total. The second-order valence-corrected chi connectivity index (χ2v) is 6.96. The van der Waals surface area contributed by atoms with E-state index in [1.54, 1.807) is 0 Å². The lowest BCUT2D eigenvalue weighted by molar-refractivity contribution is 0.228. The van der Waals surface area contributed by atoms with E-state index in [0.717, 1.165) is 30.7 Å². The first-order valence-corrected chi connectivity index (χ1v) is 8.30. The van der Waals surface area contributed by atoms with E-state index >= 15 is 0 Å². The Bertz CT molecular complexity index is 474. The van der Waals surface area contributed by atoms with Crippen LogP contribution in [0.3, 0.4) is 0 Å². The lowest BCUT2D eigenvalue weighted by Gasteiger charge is -2.18. The molecule has 1 N–H and O–H groups in total. The summed E-state index contributed by atoms with van der Waals surface area (Å²) < 4.78 is 5.95. The van der Waals surface area contributed by atoms with Gasteiger partial charge in [0.2, 0.25) is 0 Å². The molecule has 0 aliphatic carbocycles. The van der Waals surface area contributed by atoms with Gasteiger partial charge in [-0.1, -0.05) is 19.9 Å². The monoisotopic (exact) mass is 288 g/mol. The predicted octanol–water partition coefficient (Wildman–Crippen LogP) is 2.65. The molecular formula is C18H28N2O. The van der Waals surface area contributed by atoms with E-state index in [1.807, 2.05) is 0 Å². The summed E-state index contributed by atoms with van der Waals surface area (Å²) in [4.78, 5) is 2.56. The minimum absolute atomic E-state index is 0.580. The van der Waals surface area contributed by atoms with Crippen LogP contribution in [-0.4, -0.2) is 44.2 Å². The van der Waals surface area contributed by atoms with Crippen LogP contribution in [0, 0.1) is 18.8 Å². The number of hydrogen-bond acceptors (Lipinski definition) is 3. The largest absolute Gasteiger partial charge is 0.492 e. The third-order valence-electron chi connectivity index (χ3n) is 5.00. The summed E-state index contributed by atoms with van der Waals surface area (Å²) in [6.45, 7) is 13.4. The normalized spacial score (nSPS) is 25.5. The van der Waals surface area contributed by atoms with Gasteiger partial charge < -0.3 is 10.1 Å². The fourth-order valence-corrected chi connectivity index (χ4v) is 3.81. The van der Waals surface area contributed by atoms with Gasteiger partial charge in [-0.2, -0.15) is 0 Å². The zero-order valence-corrected chi connectivity index (χ0v) is 13.6. The first-order valence-electron chi connectivity index (χ1n) is 8.30. The Labute approximate surface area is 128 Å². The van der Waals surface area contributed by atoms with Crippen molar-refractivity contribution in [3.63, 3.8) is 0 Å². The lowest BCUT2D eigenvalue weighted by Crippen LogP contribution is -2.29. The Balaban J connectivity index is 1.46. The highest BCUT2D eigenvalue weighted by molar-refractivity contribution is 5.36. The van der Waals surface area contributed by atoms with Crippen LogP contribution in [0.5, 0.6) is 5.75 Å². The zero-order valence-electron chi connectivity index (χ0n) is 13.6. The number of nitrogens with one attached hydrogen (secondary N) is 1. The van der Waals surface area contributed by atoms with Gasteiger partial charge in [0.05, 0.1) is 0 Å². The van der Waals surface area contributed by atoms with Gasteiger partial charge >= 0.3 is 0 Å². The average Bonchev–Trinajstić information content (AvgIpc) is 2.99. The van der Waals surface area contributed by atoms with Crippen LogP contribution >= 0.6 is 0 Å². The van der Waals surface area contributed by atoms with E-state index in [-0.39, 0.29) is 0 Å². The van der Waals surface area contributed by atoms with Crippen molar-refractivity contribution in [1.29, 1.82) is 0 Å². The van der Waals surface area contributed by atoms with Crippen LogP contribution in [0.25, 0.3) is 0 Å². The third kappa shape index (κ3) is 3.41. The molecule has 116 valence electrons. The highest BCUT2D eigenvalue weighted by Crippen LogP contribution is 2.26. The maximum absolute atomic E-state index is 5.95. The Morgan fingerprint density at radius 1 is 1.24 bits per heavy atom. The minimum Gasteiger partial charge on any atom is -0.492 e. The van der Waals surface area contributed by atoms with Crippen molar-refractivity contribution in [3.8, 4) is 5.75 Å². The second-order valence-electron chi connectivity index (χ2n) is 6.96. The molecule has 1 aromatic carbocycles.